The second-order valence-electron chi connectivity index (χ2n) is 11.3. The number of nitrogens with one attached hydrogen (secondary N) is 1. The topological polar surface area (TPSA) is 96.0 Å². The van der Waals surface area contributed by atoms with E-state index in [0.29, 0.717) is 15.6 Å². The van der Waals surface area contributed by atoms with Crippen molar-refractivity contribution < 1.29 is 22.7 Å². The van der Waals surface area contributed by atoms with Gasteiger partial charge in [-0.3, -0.25) is 13.9 Å². The Balaban J connectivity index is 1.87. The monoisotopic (exact) mass is 715 g/mol. The molecule has 4 aromatic carbocycles. The molecule has 0 saturated heterocycles. The summed E-state index contributed by atoms with van der Waals surface area (Å²) in [7, 11) is -2.96. The van der Waals surface area contributed by atoms with E-state index in [0.717, 1.165) is 15.4 Å². The van der Waals surface area contributed by atoms with Gasteiger partial charge in [-0.05, 0) is 74.4 Å². The van der Waals surface area contributed by atoms with Gasteiger partial charge in [-0.15, -0.1) is 0 Å². The first-order valence-electron chi connectivity index (χ1n) is 14.8. The van der Waals surface area contributed by atoms with Gasteiger partial charge in [0.1, 0.15) is 18.3 Å². The molecule has 4 rings (SSSR count). The van der Waals surface area contributed by atoms with E-state index in [1.54, 1.807) is 36.4 Å². The van der Waals surface area contributed by atoms with Crippen molar-refractivity contribution in [2.75, 3.05) is 18.0 Å². The van der Waals surface area contributed by atoms with Crippen LogP contribution in [0, 0.1) is 6.92 Å². The van der Waals surface area contributed by atoms with Crippen LogP contribution in [0.25, 0.3) is 0 Å². The van der Waals surface area contributed by atoms with Gasteiger partial charge < -0.3 is 15.0 Å². The fraction of sp³-hybridized carbons (Fsp3) is 0.257. The molecule has 0 fully saturated rings. The Morgan fingerprint density at radius 2 is 1.51 bits per heavy atom. The van der Waals surface area contributed by atoms with Crippen LogP contribution in [0.15, 0.2) is 95.9 Å². The Kier molecular flexibility index (Phi) is 12.2. The summed E-state index contributed by atoms with van der Waals surface area (Å²) in [5, 5.41) is 3.85. The van der Waals surface area contributed by atoms with Gasteiger partial charge in [0.25, 0.3) is 10.0 Å². The number of methoxy groups -OCH3 is 1. The maximum absolute atomic E-state index is 14.6. The lowest BCUT2D eigenvalue weighted by Crippen LogP contribution is -2.54. The molecule has 0 saturated carbocycles. The SMILES string of the molecule is COc1ccc(Cl)cc1N(CC(=O)N(Cc1ccc(Cl)cc1Cl)[C@@H](Cc1ccccc1)C(=O)NC(C)C)S(=O)(=O)c1ccc(C)cc1. The summed E-state index contributed by atoms with van der Waals surface area (Å²) in [6.45, 7) is 4.69. The molecule has 2 amide bonds. The summed E-state index contributed by atoms with van der Waals surface area (Å²) < 4.78 is 35.1. The number of carbonyl (C=O) groups excluding carboxylic acids is 2. The predicted molar refractivity (Wildman–Crippen MR) is 188 cm³/mol. The van der Waals surface area contributed by atoms with Crippen molar-refractivity contribution in [2.45, 2.75) is 50.7 Å². The van der Waals surface area contributed by atoms with Gasteiger partial charge >= 0.3 is 0 Å². The van der Waals surface area contributed by atoms with Crippen molar-refractivity contribution in [1.82, 2.24) is 10.2 Å². The van der Waals surface area contributed by atoms with Gasteiger partial charge in [0.05, 0.1) is 17.7 Å². The summed E-state index contributed by atoms with van der Waals surface area (Å²) in [5.74, 6) is -0.882. The zero-order valence-electron chi connectivity index (χ0n) is 26.4. The molecule has 47 heavy (non-hydrogen) atoms. The van der Waals surface area contributed by atoms with Crippen molar-refractivity contribution in [3.63, 3.8) is 0 Å². The van der Waals surface area contributed by atoms with E-state index >= 15 is 0 Å². The first-order chi connectivity index (χ1) is 22.3. The van der Waals surface area contributed by atoms with Crippen LogP contribution in [0.5, 0.6) is 5.75 Å². The third kappa shape index (κ3) is 9.20. The number of sulfonamides is 1. The lowest BCUT2D eigenvalue weighted by molar-refractivity contribution is -0.140. The Labute approximate surface area is 291 Å². The molecule has 0 bridgehead atoms. The molecule has 0 aliphatic rings. The molecule has 0 aliphatic heterocycles. The van der Waals surface area contributed by atoms with Gasteiger partial charge in [-0.2, -0.15) is 0 Å². The van der Waals surface area contributed by atoms with Crippen LogP contribution >= 0.6 is 34.8 Å². The number of benzene rings is 4. The molecule has 0 aromatic heterocycles. The lowest BCUT2D eigenvalue weighted by atomic mass is 10.0. The average molecular weight is 717 g/mol. The minimum atomic E-state index is -4.36. The molecule has 1 N–H and O–H groups in total. The predicted octanol–water partition coefficient (Wildman–Crippen LogP) is 7.32. The summed E-state index contributed by atoms with van der Waals surface area (Å²) in [4.78, 5) is 29.8. The van der Waals surface area contributed by atoms with Crippen LogP contribution in [-0.2, 0) is 32.6 Å². The number of carbonyl (C=O) groups is 2. The number of aryl methyl sites for hydroxylation is 1. The molecule has 1 atom stereocenters. The number of nitrogens with zero attached hydrogens (tertiary/aromatic N) is 2. The van der Waals surface area contributed by atoms with E-state index in [4.69, 9.17) is 39.5 Å². The summed E-state index contributed by atoms with van der Waals surface area (Å²) in [6, 6.07) is 23.6. The molecule has 0 spiro atoms. The van der Waals surface area contributed by atoms with Crippen LogP contribution in [0.4, 0.5) is 5.69 Å². The Hall–Kier alpha value is -3.76. The Morgan fingerprint density at radius 3 is 2.13 bits per heavy atom. The molecule has 0 radical (unpaired) electrons. The summed E-state index contributed by atoms with van der Waals surface area (Å²) in [6.07, 6.45) is 0.154. The van der Waals surface area contributed by atoms with Gasteiger partial charge in [0.15, 0.2) is 0 Å². The van der Waals surface area contributed by atoms with Crippen LogP contribution in [0.2, 0.25) is 15.1 Å². The van der Waals surface area contributed by atoms with E-state index in [1.165, 1.54) is 36.3 Å². The number of ether oxygens (including phenoxy) is 1. The zero-order chi connectivity index (χ0) is 34.3. The Morgan fingerprint density at radius 1 is 0.872 bits per heavy atom. The van der Waals surface area contributed by atoms with Crippen molar-refractivity contribution in [1.29, 1.82) is 0 Å². The summed E-state index contributed by atoms with van der Waals surface area (Å²) >= 11 is 19.1. The fourth-order valence-electron chi connectivity index (χ4n) is 4.98. The Bertz CT molecular complexity index is 1820. The van der Waals surface area contributed by atoms with Crippen LogP contribution < -0.4 is 14.4 Å². The smallest absolute Gasteiger partial charge is 0.264 e. The quantitative estimate of drug-likeness (QED) is 0.157. The van der Waals surface area contributed by atoms with E-state index in [2.05, 4.69) is 5.32 Å². The van der Waals surface area contributed by atoms with Crippen molar-refractivity contribution in [3.8, 4) is 5.75 Å². The van der Waals surface area contributed by atoms with Crippen LogP contribution in [0.3, 0.4) is 0 Å². The van der Waals surface area contributed by atoms with E-state index in [9.17, 15) is 18.0 Å². The number of amides is 2. The highest BCUT2D eigenvalue weighted by Crippen LogP contribution is 2.35. The van der Waals surface area contributed by atoms with Gasteiger partial charge in [0, 0.05) is 34.1 Å². The maximum atomic E-state index is 14.6. The number of halogens is 3. The number of rotatable bonds is 13. The number of anilines is 1. The molecule has 4 aromatic rings. The molecule has 0 unspecified atom stereocenters. The molecule has 12 heteroatoms. The standard InChI is InChI=1S/C35H36Cl3N3O5S/c1-23(2)39-35(43)32(18-25-8-6-5-7-9-25)40(21-26-12-13-27(36)19-30(26)38)34(42)22-41(31-20-28(37)14-17-33(31)46-4)47(44,45)29-15-10-24(3)11-16-29/h5-17,19-20,23,32H,18,21-22H2,1-4H3,(H,39,43)/t32-/m0/s1. The largest absolute Gasteiger partial charge is 0.495 e. The first-order valence-corrected chi connectivity index (χ1v) is 17.4. The van der Waals surface area contributed by atoms with E-state index in [1.807, 2.05) is 51.1 Å². The van der Waals surface area contributed by atoms with Gasteiger partial charge in [-0.1, -0.05) is 88.9 Å². The van der Waals surface area contributed by atoms with Gasteiger partial charge in [-0.25, -0.2) is 8.42 Å². The van der Waals surface area contributed by atoms with Crippen molar-refractivity contribution in [3.05, 3.63) is 123 Å². The van der Waals surface area contributed by atoms with Crippen molar-refractivity contribution >= 4 is 62.3 Å². The van der Waals surface area contributed by atoms with Gasteiger partial charge in [0.2, 0.25) is 11.8 Å². The minimum Gasteiger partial charge on any atom is -0.495 e. The van der Waals surface area contributed by atoms with Crippen LogP contribution in [0.1, 0.15) is 30.5 Å². The molecule has 0 heterocycles. The highest BCUT2D eigenvalue weighted by molar-refractivity contribution is 7.92. The zero-order valence-corrected chi connectivity index (χ0v) is 29.5. The molecule has 8 nitrogen and oxygen atoms in total. The minimum absolute atomic E-state index is 0.0383. The third-order valence-electron chi connectivity index (χ3n) is 7.36. The summed E-state index contributed by atoms with van der Waals surface area (Å²) in [5.41, 5.74) is 2.24. The molecular weight excluding hydrogens is 681 g/mol. The average Bonchev–Trinajstić information content (AvgIpc) is 3.02. The second-order valence-corrected chi connectivity index (χ2v) is 14.4. The van der Waals surface area contributed by atoms with Crippen LogP contribution in [-0.4, -0.2) is 50.9 Å². The number of hydrogen-bond donors (Lipinski definition) is 1. The van der Waals surface area contributed by atoms with E-state index < -0.39 is 34.4 Å². The normalized spacial score (nSPS) is 12.0. The fourth-order valence-corrected chi connectivity index (χ4v) is 7.03. The van der Waals surface area contributed by atoms with Crippen molar-refractivity contribution in [2.24, 2.45) is 0 Å². The molecular formula is C35H36Cl3N3O5S. The highest BCUT2D eigenvalue weighted by atomic mass is 35.5. The molecule has 248 valence electrons. The van der Waals surface area contributed by atoms with E-state index in [-0.39, 0.29) is 40.4 Å². The molecule has 0 aliphatic carbocycles. The first kappa shape index (κ1) is 36.1. The maximum Gasteiger partial charge on any atom is 0.264 e. The number of hydrogen-bond acceptors (Lipinski definition) is 5. The second kappa shape index (κ2) is 15.9. The highest BCUT2D eigenvalue weighted by Gasteiger charge is 2.36. The lowest BCUT2D eigenvalue weighted by Gasteiger charge is -2.34. The third-order valence-corrected chi connectivity index (χ3v) is 9.95.